The number of carbonyl (C=O) groups excluding carboxylic acids is 2. The molecule has 0 heterocycles. The van der Waals surface area contributed by atoms with E-state index in [0.29, 0.717) is 24.3 Å². The summed E-state index contributed by atoms with van der Waals surface area (Å²) in [5.74, 6) is 6.00. The van der Waals surface area contributed by atoms with Crippen molar-refractivity contribution in [3.8, 4) is 23.3 Å². The van der Waals surface area contributed by atoms with Gasteiger partial charge in [-0.2, -0.15) is 0 Å². The van der Waals surface area contributed by atoms with E-state index < -0.39 is 17.6 Å². The highest BCUT2D eigenvalue weighted by Gasteiger charge is 2.40. The molecule has 0 bridgehead atoms. The van der Waals surface area contributed by atoms with Crippen molar-refractivity contribution in [2.45, 2.75) is 63.6 Å². The smallest absolute Gasteiger partial charge is 0.305 e. The van der Waals surface area contributed by atoms with Crippen molar-refractivity contribution in [3.05, 3.63) is 24.3 Å². The average molecular weight is 447 g/mol. The van der Waals surface area contributed by atoms with E-state index in [0.717, 1.165) is 25.7 Å². The van der Waals surface area contributed by atoms with E-state index in [4.69, 9.17) is 9.47 Å². The summed E-state index contributed by atoms with van der Waals surface area (Å²) in [6, 6.07) is 7.00. The van der Waals surface area contributed by atoms with Gasteiger partial charge in [0, 0.05) is 18.8 Å². The van der Waals surface area contributed by atoms with Crippen molar-refractivity contribution >= 4 is 11.8 Å². The number of unbranched alkanes of at least 4 members (excludes halogenated alkanes) is 3. The van der Waals surface area contributed by atoms with Crippen molar-refractivity contribution in [2.75, 3.05) is 20.8 Å². The molecule has 1 saturated carbocycles. The molecule has 7 nitrogen and oxygen atoms in total. The van der Waals surface area contributed by atoms with Gasteiger partial charge in [0.2, 0.25) is 0 Å². The zero-order chi connectivity index (χ0) is 23.6. The largest absolute Gasteiger partial charge is 0.497 e. The molecule has 0 radical (unpaired) electrons. The molecule has 1 aliphatic rings. The first-order valence-corrected chi connectivity index (χ1v) is 11.1. The number of rotatable bonds is 11. The molecule has 1 aromatic rings. The van der Waals surface area contributed by atoms with E-state index in [1.807, 2.05) is 0 Å². The van der Waals surface area contributed by atoms with Crippen molar-refractivity contribution in [3.63, 3.8) is 0 Å². The molecule has 2 N–H and O–H groups in total. The zero-order valence-corrected chi connectivity index (χ0v) is 19.1. The second-order valence-corrected chi connectivity index (χ2v) is 8.41. The minimum atomic E-state index is -1.43. The minimum Gasteiger partial charge on any atom is -0.497 e. The summed E-state index contributed by atoms with van der Waals surface area (Å²) in [7, 11) is 2.96. The lowest BCUT2D eigenvalue weighted by Gasteiger charge is -2.19. The summed E-state index contributed by atoms with van der Waals surface area (Å²) in [6.45, 7) is 1.50. The third-order valence-corrected chi connectivity index (χ3v) is 5.63. The number of methoxy groups -OCH3 is 2. The molecule has 1 aliphatic carbocycles. The number of esters is 1. The molecule has 2 rings (SSSR count). The first-order chi connectivity index (χ1) is 15.3. The number of Topliss-reactive ketones (excluding diaryl/α,β-unsaturated/α-hetero) is 1. The lowest BCUT2D eigenvalue weighted by Crippen LogP contribution is -2.31. The highest BCUT2D eigenvalue weighted by Crippen LogP contribution is 2.33. The molecule has 1 unspecified atom stereocenters. The van der Waals surface area contributed by atoms with Crippen LogP contribution < -0.4 is 9.47 Å². The van der Waals surface area contributed by atoms with Crippen LogP contribution in [0.4, 0.5) is 0 Å². The Bertz CT molecular complexity index is 804. The molecule has 0 amide bonds. The van der Waals surface area contributed by atoms with Gasteiger partial charge in [0.05, 0.1) is 26.2 Å². The predicted molar refractivity (Wildman–Crippen MR) is 119 cm³/mol. The second-order valence-electron chi connectivity index (χ2n) is 8.41. The van der Waals surface area contributed by atoms with Crippen LogP contribution in [0.5, 0.6) is 11.5 Å². The fourth-order valence-electron chi connectivity index (χ4n) is 3.75. The van der Waals surface area contributed by atoms with Gasteiger partial charge in [0.1, 0.15) is 23.9 Å². The number of hydrogen-bond acceptors (Lipinski definition) is 7. The Hall–Kier alpha value is -2.56. The van der Waals surface area contributed by atoms with Crippen LogP contribution in [0, 0.1) is 23.7 Å². The quantitative estimate of drug-likeness (QED) is 0.306. The maximum Gasteiger partial charge on any atom is 0.305 e. The molecular weight excluding hydrogens is 412 g/mol. The van der Waals surface area contributed by atoms with E-state index in [2.05, 4.69) is 16.6 Å². The van der Waals surface area contributed by atoms with Crippen molar-refractivity contribution in [1.29, 1.82) is 0 Å². The lowest BCUT2D eigenvalue weighted by molar-refractivity contribution is -0.140. The summed E-state index contributed by atoms with van der Waals surface area (Å²) in [5.41, 5.74) is -1.43. The topological polar surface area (TPSA) is 102 Å². The summed E-state index contributed by atoms with van der Waals surface area (Å²) >= 11 is 0. The summed E-state index contributed by atoms with van der Waals surface area (Å²) in [5, 5.41) is 20.9. The van der Waals surface area contributed by atoms with Gasteiger partial charge in [-0.1, -0.05) is 31.1 Å². The van der Waals surface area contributed by atoms with E-state index in [1.165, 1.54) is 7.11 Å². The van der Waals surface area contributed by atoms with Crippen LogP contribution in [0.3, 0.4) is 0 Å². The minimum absolute atomic E-state index is 0.0143. The van der Waals surface area contributed by atoms with Crippen molar-refractivity contribution < 1.29 is 34.0 Å². The molecular formula is C25H34O7. The van der Waals surface area contributed by atoms with Crippen LogP contribution >= 0.6 is 0 Å². The fourth-order valence-corrected chi connectivity index (χ4v) is 3.75. The molecule has 7 heteroatoms. The predicted octanol–water partition coefficient (Wildman–Crippen LogP) is 2.91. The molecule has 0 aliphatic heterocycles. The first-order valence-electron chi connectivity index (χ1n) is 11.1. The Kier molecular flexibility index (Phi) is 10.0. The number of hydrogen-bond donors (Lipinski definition) is 2. The Labute approximate surface area is 190 Å². The SMILES string of the molecule is COC(=O)CCCCCC[C@H]1C(=O)C[C@H](O)[C@@H]1C#CC(C)(O)COc1ccc(OC)cc1. The van der Waals surface area contributed by atoms with Crippen LogP contribution in [0.1, 0.15) is 51.9 Å². The lowest BCUT2D eigenvalue weighted by atomic mass is 9.89. The van der Waals surface area contributed by atoms with E-state index >= 15 is 0 Å². The van der Waals surface area contributed by atoms with Crippen molar-refractivity contribution in [1.82, 2.24) is 0 Å². The Balaban J connectivity index is 1.86. The Morgan fingerprint density at radius 2 is 1.78 bits per heavy atom. The summed E-state index contributed by atoms with van der Waals surface area (Å²) < 4.78 is 15.3. The number of carbonyl (C=O) groups is 2. The molecule has 0 saturated heterocycles. The summed E-state index contributed by atoms with van der Waals surface area (Å²) in [6.07, 6.45) is 3.66. The second kappa shape index (κ2) is 12.5. The van der Waals surface area contributed by atoms with Crippen LogP contribution in [0.25, 0.3) is 0 Å². The van der Waals surface area contributed by atoms with Gasteiger partial charge >= 0.3 is 5.97 Å². The van der Waals surface area contributed by atoms with Crippen LogP contribution in [0.2, 0.25) is 0 Å². The highest BCUT2D eigenvalue weighted by atomic mass is 16.5. The highest BCUT2D eigenvalue weighted by molar-refractivity contribution is 5.85. The van der Waals surface area contributed by atoms with Gasteiger partial charge in [-0.3, -0.25) is 9.59 Å². The van der Waals surface area contributed by atoms with Gasteiger partial charge in [-0.05, 0) is 44.0 Å². The molecule has 4 atom stereocenters. The first kappa shape index (κ1) is 25.7. The molecule has 1 aromatic carbocycles. The van der Waals surface area contributed by atoms with Crippen LogP contribution in [0.15, 0.2) is 24.3 Å². The van der Waals surface area contributed by atoms with E-state index in [9.17, 15) is 19.8 Å². The standard InChI is InChI=1S/C25H34O7/c1-25(29,17-32-19-12-10-18(30-2)11-13-19)15-14-21-20(22(26)16-23(21)27)8-6-4-5-7-9-24(28)31-3/h10-13,20-21,23,27,29H,4-9,16-17H2,1-3H3/t20-,21-,23+,25?/m1/s1. The zero-order valence-electron chi connectivity index (χ0n) is 19.1. The van der Waals surface area contributed by atoms with Crippen LogP contribution in [-0.4, -0.2) is 54.5 Å². The molecule has 1 fully saturated rings. The van der Waals surface area contributed by atoms with Gasteiger partial charge in [-0.15, -0.1) is 0 Å². The third-order valence-electron chi connectivity index (χ3n) is 5.63. The molecule has 32 heavy (non-hydrogen) atoms. The number of ketones is 1. The molecule has 176 valence electrons. The van der Waals surface area contributed by atoms with E-state index in [-0.39, 0.29) is 30.7 Å². The third kappa shape index (κ3) is 8.18. The van der Waals surface area contributed by atoms with Gasteiger partial charge in [-0.25, -0.2) is 0 Å². The Morgan fingerprint density at radius 3 is 2.44 bits per heavy atom. The van der Waals surface area contributed by atoms with Crippen LogP contribution in [-0.2, 0) is 14.3 Å². The maximum atomic E-state index is 12.3. The molecule has 0 aromatic heterocycles. The average Bonchev–Trinajstić information content (AvgIpc) is 3.05. The van der Waals surface area contributed by atoms with Crippen molar-refractivity contribution in [2.24, 2.45) is 11.8 Å². The van der Waals surface area contributed by atoms with Gasteiger partial charge in [0.15, 0.2) is 5.60 Å². The number of benzene rings is 1. The van der Waals surface area contributed by atoms with Gasteiger partial charge in [0.25, 0.3) is 0 Å². The van der Waals surface area contributed by atoms with E-state index in [1.54, 1.807) is 38.3 Å². The monoisotopic (exact) mass is 446 g/mol. The number of ether oxygens (including phenoxy) is 3. The number of aliphatic hydroxyl groups excluding tert-OH is 1. The normalized spacial score (nSPS) is 21.9. The molecule has 0 spiro atoms. The Morgan fingerprint density at radius 1 is 1.12 bits per heavy atom. The van der Waals surface area contributed by atoms with Gasteiger partial charge < -0.3 is 24.4 Å². The summed E-state index contributed by atoms with van der Waals surface area (Å²) in [4.78, 5) is 23.5. The number of aliphatic hydroxyl groups is 2. The maximum absolute atomic E-state index is 12.3. The fraction of sp³-hybridized carbons (Fsp3) is 0.600.